The lowest BCUT2D eigenvalue weighted by Crippen LogP contribution is -1.98. The maximum absolute atomic E-state index is 10.3. The van der Waals surface area contributed by atoms with Gasteiger partial charge in [0, 0.05) is 12.6 Å². The average molecular weight is 127 g/mol. The van der Waals surface area contributed by atoms with Gasteiger partial charge in [-0.2, -0.15) is 0 Å². The fourth-order valence-electron chi connectivity index (χ4n) is 0.575. The van der Waals surface area contributed by atoms with E-state index in [1.165, 1.54) is 0 Å². The number of aliphatic imine (C=N–C) groups is 1. The van der Waals surface area contributed by atoms with E-state index in [1.54, 1.807) is 6.21 Å². The van der Waals surface area contributed by atoms with Crippen molar-refractivity contribution in [1.29, 1.82) is 0 Å². The highest BCUT2D eigenvalue weighted by Crippen LogP contribution is 2.00. The Kier molecular flexibility index (Phi) is 5.07. The van der Waals surface area contributed by atoms with Gasteiger partial charge < -0.3 is 0 Å². The molecule has 0 unspecified atom stereocenters. The third-order valence-electron chi connectivity index (χ3n) is 0.959. The molecule has 0 aromatic heterocycles. The van der Waals surface area contributed by atoms with Gasteiger partial charge in [0.1, 0.15) is 0 Å². The smallest absolute Gasteiger partial charge is 0.245 e. The van der Waals surface area contributed by atoms with Crippen molar-refractivity contribution in [3.05, 3.63) is 0 Å². The van der Waals surface area contributed by atoms with E-state index in [2.05, 4.69) is 4.99 Å². The number of hydrogen-bond acceptors (Lipinski definition) is 1. The molecule has 0 saturated heterocycles. The van der Waals surface area contributed by atoms with Crippen molar-refractivity contribution < 1.29 is 4.79 Å². The Hall–Kier alpha value is -0.660. The normalized spacial score (nSPS) is 16.4. The molecular weight excluding hydrogens is 114 g/mol. The van der Waals surface area contributed by atoms with Crippen LogP contribution in [0.5, 0.6) is 0 Å². The summed E-state index contributed by atoms with van der Waals surface area (Å²) in [7, 11) is 0. The van der Waals surface area contributed by atoms with Gasteiger partial charge in [-0.1, -0.05) is 13.8 Å². The summed E-state index contributed by atoms with van der Waals surface area (Å²) in [6.45, 7) is 4.00. The second-order valence-electron chi connectivity index (χ2n) is 1.60. The second kappa shape index (κ2) is 5.48. The summed E-state index contributed by atoms with van der Waals surface area (Å²) in [6, 6.07) is 0. The Labute approximate surface area is 56.0 Å². The summed E-state index contributed by atoms with van der Waals surface area (Å²) in [4.78, 5) is 13.8. The van der Waals surface area contributed by atoms with Gasteiger partial charge in [-0.05, 0) is 12.8 Å². The maximum Gasteiger partial charge on any atom is 0.245 e. The van der Waals surface area contributed by atoms with E-state index in [4.69, 9.17) is 0 Å². The molecule has 0 bridgehead atoms. The molecule has 0 fully saturated rings. The van der Waals surface area contributed by atoms with Crippen LogP contribution in [0.4, 0.5) is 0 Å². The molecule has 0 saturated carbocycles. The van der Waals surface area contributed by atoms with Crippen molar-refractivity contribution in [3.63, 3.8) is 0 Å². The molecule has 0 aromatic carbocycles. The Morgan fingerprint density at radius 1 is 1.56 bits per heavy atom. The minimum Gasteiger partial charge on any atom is -0.273 e. The molecule has 1 amide bonds. The topological polar surface area (TPSA) is 29.4 Å². The number of rotatable bonds is 0. The highest BCUT2D eigenvalue weighted by Gasteiger charge is 2.00. The van der Waals surface area contributed by atoms with Crippen molar-refractivity contribution >= 4 is 12.1 Å². The molecule has 9 heavy (non-hydrogen) atoms. The van der Waals surface area contributed by atoms with Crippen LogP contribution < -0.4 is 0 Å². The summed E-state index contributed by atoms with van der Waals surface area (Å²) >= 11 is 0. The molecule has 1 aliphatic heterocycles. The van der Waals surface area contributed by atoms with E-state index in [0.717, 1.165) is 12.8 Å². The van der Waals surface area contributed by atoms with Crippen LogP contribution in [-0.2, 0) is 4.79 Å². The Morgan fingerprint density at radius 2 is 2.22 bits per heavy atom. The minimum absolute atomic E-state index is 0.0336. The van der Waals surface area contributed by atoms with E-state index in [1.807, 2.05) is 13.8 Å². The van der Waals surface area contributed by atoms with Crippen LogP contribution in [0.25, 0.3) is 0 Å². The Bertz CT molecular complexity index is 107. The van der Waals surface area contributed by atoms with Gasteiger partial charge in [0.15, 0.2) is 0 Å². The molecule has 0 spiro atoms. The lowest BCUT2D eigenvalue weighted by Gasteiger charge is -1.96. The van der Waals surface area contributed by atoms with Gasteiger partial charge in [-0.15, -0.1) is 0 Å². The number of carbonyl (C=O) groups is 1. The van der Waals surface area contributed by atoms with Gasteiger partial charge in [0.2, 0.25) is 5.91 Å². The summed E-state index contributed by atoms with van der Waals surface area (Å²) < 4.78 is 0. The zero-order valence-electron chi connectivity index (χ0n) is 6.05. The summed E-state index contributed by atoms with van der Waals surface area (Å²) in [6.07, 6.45) is 4.30. The maximum atomic E-state index is 10.3. The fraction of sp³-hybridized carbons (Fsp3) is 0.714. The Morgan fingerprint density at radius 3 is 2.44 bits per heavy atom. The van der Waals surface area contributed by atoms with E-state index in [-0.39, 0.29) is 5.91 Å². The largest absolute Gasteiger partial charge is 0.273 e. The zero-order valence-corrected chi connectivity index (χ0v) is 6.05. The average Bonchev–Trinajstić information content (AvgIpc) is 1.94. The van der Waals surface area contributed by atoms with Crippen molar-refractivity contribution in [2.75, 3.05) is 0 Å². The van der Waals surface area contributed by atoms with Gasteiger partial charge in [0.25, 0.3) is 0 Å². The van der Waals surface area contributed by atoms with Gasteiger partial charge >= 0.3 is 0 Å². The van der Waals surface area contributed by atoms with Gasteiger partial charge in [-0.3, -0.25) is 4.79 Å². The number of carbonyl (C=O) groups excluding carboxylic acids is 1. The SMILES string of the molecule is CC.O=C1CCCC=N1. The molecule has 0 aliphatic carbocycles. The molecule has 52 valence electrons. The van der Waals surface area contributed by atoms with E-state index < -0.39 is 0 Å². The van der Waals surface area contributed by atoms with Crippen LogP contribution in [0.2, 0.25) is 0 Å². The van der Waals surface area contributed by atoms with Crippen LogP contribution in [0, 0.1) is 0 Å². The number of nitrogens with zero attached hydrogens (tertiary/aromatic N) is 1. The van der Waals surface area contributed by atoms with Crippen molar-refractivity contribution in [1.82, 2.24) is 0 Å². The number of hydrogen-bond donors (Lipinski definition) is 0. The van der Waals surface area contributed by atoms with E-state index in [0.29, 0.717) is 6.42 Å². The first kappa shape index (κ1) is 8.34. The molecule has 0 radical (unpaired) electrons. The van der Waals surface area contributed by atoms with Crippen molar-refractivity contribution in [3.8, 4) is 0 Å². The third kappa shape index (κ3) is 3.88. The minimum atomic E-state index is 0.0336. The van der Waals surface area contributed by atoms with Gasteiger partial charge in [0.05, 0.1) is 0 Å². The molecule has 0 atom stereocenters. The highest BCUT2D eigenvalue weighted by atomic mass is 16.1. The van der Waals surface area contributed by atoms with E-state index in [9.17, 15) is 4.79 Å². The number of amides is 1. The molecule has 0 N–H and O–H groups in total. The van der Waals surface area contributed by atoms with Crippen molar-refractivity contribution in [2.45, 2.75) is 33.1 Å². The fourth-order valence-corrected chi connectivity index (χ4v) is 0.575. The lowest BCUT2D eigenvalue weighted by atomic mass is 10.2. The summed E-state index contributed by atoms with van der Waals surface area (Å²) in [5.41, 5.74) is 0. The van der Waals surface area contributed by atoms with Crippen LogP contribution in [0.1, 0.15) is 33.1 Å². The third-order valence-corrected chi connectivity index (χ3v) is 0.959. The molecule has 2 nitrogen and oxygen atoms in total. The van der Waals surface area contributed by atoms with Crippen LogP contribution in [-0.4, -0.2) is 12.1 Å². The quantitative estimate of drug-likeness (QED) is 0.487. The monoisotopic (exact) mass is 127 g/mol. The van der Waals surface area contributed by atoms with Crippen LogP contribution >= 0.6 is 0 Å². The zero-order chi connectivity index (χ0) is 7.11. The summed E-state index contributed by atoms with van der Waals surface area (Å²) in [5.74, 6) is 0.0336. The van der Waals surface area contributed by atoms with Gasteiger partial charge in [-0.25, -0.2) is 4.99 Å². The summed E-state index contributed by atoms with van der Waals surface area (Å²) in [5, 5.41) is 0. The van der Waals surface area contributed by atoms with Crippen LogP contribution in [0.3, 0.4) is 0 Å². The van der Waals surface area contributed by atoms with Crippen molar-refractivity contribution in [2.24, 2.45) is 4.99 Å². The predicted molar refractivity (Wildman–Crippen MR) is 38.7 cm³/mol. The molecule has 2 heteroatoms. The first-order valence-corrected chi connectivity index (χ1v) is 3.45. The molecule has 1 rings (SSSR count). The predicted octanol–water partition coefficient (Wildman–Crippen LogP) is 1.79. The molecule has 1 heterocycles. The second-order valence-corrected chi connectivity index (χ2v) is 1.60. The standard InChI is InChI=1S/C5H7NO.C2H6/c7-5-3-1-2-4-6-5;1-2/h4H,1-3H2;1-2H3. The van der Waals surface area contributed by atoms with E-state index >= 15 is 0 Å². The molecular formula is C7H13NO. The van der Waals surface area contributed by atoms with Crippen LogP contribution in [0.15, 0.2) is 4.99 Å². The molecule has 1 aliphatic rings. The Balaban J connectivity index is 0.000000291. The highest BCUT2D eigenvalue weighted by molar-refractivity contribution is 5.86. The first-order valence-electron chi connectivity index (χ1n) is 3.45. The lowest BCUT2D eigenvalue weighted by molar-refractivity contribution is -0.118. The first-order chi connectivity index (χ1) is 4.39. The molecule has 0 aromatic rings.